The molecule has 3 rings (SSSR count). The zero-order valence-corrected chi connectivity index (χ0v) is 14.2. The van der Waals surface area contributed by atoms with E-state index in [0.29, 0.717) is 29.6 Å². The smallest absolute Gasteiger partial charge is 0.255 e. The molecule has 0 N–H and O–H groups in total. The van der Waals surface area contributed by atoms with Crippen LogP contribution in [0.1, 0.15) is 23.2 Å². The second kappa shape index (κ2) is 7.53. The van der Waals surface area contributed by atoms with E-state index in [0.717, 1.165) is 18.6 Å². The molecule has 0 atom stereocenters. The third kappa shape index (κ3) is 3.97. The van der Waals surface area contributed by atoms with Gasteiger partial charge in [-0.3, -0.25) is 4.79 Å². The summed E-state index contributed by atoms with van der Waals surface area (Å²) < 4.78 is 11.0. The Labute approximate surface area is 146 Å². The van der Waals surface area contributed by atoms with Gasteiger partial charge in [-0.25, -0.2) is 4.98 Å². The lowest BCUT2D eigenvalue weighted by Gasteiger charge is -2.32. The van der Waals surface area contributed by atoms with Gasteiger partial charge in [-0.15, -0.1) is 0 Å². The van der Waals surface area contributed by atoms with E-state index >= 15 is 0 Å². The molecule has 1 saturated heterocycles. The van der Waals surface area contributed by atoms with E-state index in [1.807, 2.05) is 29.2 Å². The molecule has 2 aromatic rings. The summed E-state index contributed by atoms with van der Waals surface area (Å²) in [6, 6.07) is 10.8. The molecule has 1 fully saturated rings. The zero-order valence-electron chi connectivity index (χ0n) is 13.4. The van der Waals surface area contributed by atoms with Crippen LogP contribution in [0, 0.1) is 0 Å². The Bertz CT molecular complexity index is 680. The highest BCUT2D eigenvalue weighted by molar-refractivity contribution is 6.30. The molecule has 24 heavy (non-hydrogen) atoms. The van der Waals surface area contributed by atoms with Crippen LogP contribution in [0.3, 0.4) is 0 Å². The molecule has 0 unspecified atom stereocenters. The Kier molecular flexibility index (Phi) is 5.20. The predicted octanol–water partition coefficient (Wildman–Crippen LogP) is 3.43. The summed E-state index contributed by atoms with van der Waals surface area (Å²) in [4.78, 5) is 18.4. The first-order chi connectivity index (χ1) is 11.7. The van der Waals surface area contributed by atoms with E-state index in [1.165, 1.54) is 0 Å². The van der Waals surface area contributed by atoms with Crippen molar-refractivity contribution in [1.82, 2.24) is 9.88 Å². The molecule has 1 aliphatic heterocycles. The predicted molar refractivity (Wildman–Crippen MR) is 91.8 cm³/mol. The van der Waals surface area contributed by atoms with E-state index in [1.54, 1.807) is 25.4 Å². The Morgan fingerprint density at radius 2 is 1.88 bits per heavy atom. The lowest BCUT2D eigenvalue weighted by Crippen LogP contribution is -2.41. The minimum Gasteiger partial charge on any atom is -0.490 e. The number of piperidine rings is 1. The summed E-state index contributed by atoms with van der Waals surface area (Å²) >= 11 is 5.87. The maximum Gasteiger partial charge on any atom is 0.255 e. The first-order valence-corrected chi connectivity index (χ1v) is 8.25. The van der Waals surface area contributed by atoms with Crippen molar-refractivity contribution in [3.05, 3.63) is 53.2 Å². The van der Waals surface area contributed by atoms with Crippen molar-refractivity contribution >= 4 is 17.5 Å². The van der Waals surface area contributed by atoms with Crippen LogP contribution in [0.25, 0.3) is 0 Å². The molecule has 1 aliphatic rings. The van der Waals surface area contributed by atoms with Gasteiger partial charge in [0.15, 0.2) is 0 Å². The number of rotatable bonds is 4. The standard InChI is InChI=1S/C18H19ClN2O3/c1-23-17-7-2-13(12-20-17)18(22)21-10-8-16(9-11-21)24-15-5-3-14(19)4-6-15/h2-7,12,16H,8-11H2,1H3. The quantitative estimate of drug-likeness (QED) is 0.851. The van der Waals surface area contributed by atoms with Crippen LogP contribution in [0.4, 0.5) is 0 Å². The molecule has 0 bridgehead atoms. The minimum absolute atomic E-state index is 0.00454. The molecule has 126 valence electrons. The lowest BCUT2D eigenvalue weighted by molar-refractivity contribution is 0.0595. The van der Waals surface area contributed by atoms with Crippen LogP contribution in [-0.2, 0) is 0 Å². The molecule has 1 aromatic carbocycles. The second-order valence-electron chi connectivity index (χ2n) is 5.65. The number of aromatic nitrogens is 1. The molecule has 5 nitrogen and oxygen atoms in total. The van der Waals surface area contributed by atoms with Crippen molar-refractivity contribution in [2.24, 2.45) is 0 Å². The number of carbonyl (C=O) groups excluding carboxylic acids is 1. The number of halogens is 1. The van der Waals surface area contributed by atoms with Crippen LogP contribution in [0.2, 0.25) is 5.02 Å². The number of carbonyl (C=O) groups is 1. The van der Waals surface area contributed by atoms with Gasteiger partial charge in [0.05, 0.1) is 12.7 Å². The van der Waals surface area contributed by atoms with Crippen LogP contribution >= 0.6 is 11.6 Å². The van der Waals surface area contributed by atoms with Gasteiger partial charge in [-0.05, 0) is 30.3 Å². The largest absolute Gasteiger partial charge is 0.490 e. The van der Waals surface area contributed by atoms with Gasteiger partial charge >= 0.3 is 0 Å². The SMILES string of the molecule is COc1ccc(C(=O)N2CCC(Oc3ccc(Cl)cc3)CC2)cn1. The molecule has 6 heteroatoms. The highest BCUT2D eigenvalue weighted by Crippen LogP contribution is 2.22. The Morgan fingerprint density at radius 1 is 1.17 bits per heavy atom. The number of nitrogens with zero attached hydrogens (tertiary/aromatic N) is 2. The first kappa shape index (κ1) is 16.6. The minimum atomic E-state index is -0.00454. The molecule has 1 amide bonds. The van der Waals surface area contributed by atoms with E-state index in [-0.39, 0.29) is 12.0 Å². The summed E-state index contributed by atoms with van der Waals surface area (Å²) in [6.45, 7) is 1.34. The normalized spacial score (nSPS) is 15.2. The van der Waals surface area contributed by atoms with Crippen molar-refractivity contribution in [2.75, 3.05) is 20.2 Å². The van der Waals surface area contributed by atoms with Crippen LogP contribution in [0.15, 0.2) is 42.6 Å². The highest BCUT2D eigenvalue weighted by Gasteiger charge is 2.24. The van der Waals surface area contributed by atoms with E-state index < -0.39 is 0 Å². The molecule has 0 spiro atoms. The van der Waals surface area contributed by atoms with Crippen LogP contribution in [0.5, 0.6) is 11.6 Å². The lowest BCUT2D eigenvalue weighted by atomic mass is 10.1. The Morgan fingerprint density at radius 3 is 2.46 bits per heavy atom. The maximum absolute atomic E-state index is 12.5. The van der Waals surface area contributed by atoms with Gasteiger partial charge in [0.1, 0.15) is 11.9 Å². The zero-order chi connectivity index (χ0) is 16.9. The second-order valence-corrected chi connectivity index (χ2v) is 6.09. The fraction of sp³-hybridized carbons (Fsp3) is 0.333. The maximum atomic E-state index is 12.5. The molecule has 0 radical (unpaired) electrons. The van der Waals surface area contributed by atoms with E-state index in [9.17, 15) is 4.79 Å². The molecular formula is C18H19ClN2O3. The summed E-state index contributed by atoms with van der Waals surface area (Å²) in [7, 11) is 1.55. The number of methoxy groups -OCH3 is 1. The molecular weight excluding hydrogens is 328 g/mol. The number of ether oxygens (including phenoxy) is 2. The summed E-state index contributed by atoms with van der Waals surface area (Å²) in [5.41, 5.74) is 0.577. The van der Waals surface area contributed by atoms with Crippen LogP contribution in [-0.4, -0.2) is 42.1 Å². The van der Waals surface area contributed by atoms with Gasteiger partial charge in [0.2, 0.25) is 5.88 Å². The fourth-order valence-corrected chi connectivity index (χ4v) is 2.82. The fourth-order valence-electron chi connectivity index (χ4n) is 2.69. The van der Waals surface area contributed by atoms with Gasteiger partial charge in [0, 0.05) is 43.2 Å². The summed E-state index contributed by atoms with van der Waals surface area (Å²) in [5, 5.41) is 0.691. The number of hydrogen-bond acceptors (Lipinski definition) is 4. The number of benzene rings is 1. The first-order valence-electron chi connectivity index (χ1n) is 7.87. The Hall–Kier alpha value is -2.27. The third-order valence-corrected chi connectivity index (χ3v) is 4.29. The average molecular weight is 347 g/mol. The van der Waals surface area contributed by atoms with Crippen molar-refractivity contribution in [3.8, 4) is 11.6 Å². The van der Waals surface area contributed by atoms with Crippen LogP contribution < -0.4 is 9.47 Å². The van der Waals surface area contributed by atoms with Crippen molar-refractivity contribution < 1.29 is 14.3 Å². The topological polar surface area (TPSA) is 51.7 Å². The van der Waals surface area contributed by atoms with E-state index in [4.69, 9.17) is 21.1 Å². The van der Waals surface area contributed by atoms with Gasteiger partial charge in [-0.2, -0.15) is 0 Å². The molecule has 1 aromatic heterocycles. The van der Waals surface area contributed by atoms with E-state index in [2.05, 4.69) is 4.98 Å². The van der Waals surface area contributed by atoms with Gasteiger partial charge < -0.3 is 14.4 Å². The number of amides is 1. The molecule has 0 saturated carbocycles. The summed E-state index contributed by atoms with van der Waals surface area (Å²) in [5.74, 6) is 1.31. The Balaban J connectivity index is 1.54. The molecule has 0 aliphatic carbocycles. The monoisotopic (exact) mass is 346 g/mol. The highest BCUT2D eigenvalue weighted by atomic mass is 35.5. The average Bonchev–Trinajstić information content (AvgIpc) is 2.64. The van der Waals surface area contributed by atoms with Gasteiger partial charge in [0.25, 0.3) is 5.91 Å². The number of pyridine rings is 1. The molecule has 2 heterocycles. The number of hydrogen-bond donors (Lipinski definition) is 0. The van der Waals surface area contributed by atoms with Crippen molar-refractivity contribution in [3.63, 3.8) is 0 Å². The van der Waals surface area contributed by atoms with Gasteiger partial charge in [-0.1, -0.05) is 11.6 Å². The third-order valence-electron chi connectivity index (χ3n) is 4.04. The van der Waals surface area contributed by atoms with Crippen molar-refractivity contribution in [1.29, 1.82) is 0 Å². The number of likely N-dealkylation sites (tertiary alicyclic amines) is 1. The van der Waals surface area contributed by atoms with Crippen molar-refractivity contribution in [2.45, 2.75) is 18.9 Å². The summed E-state index contributed by atoms with van der Waals surface area (Å²) in [6.07, 6.45) is 3.28.